The number of carbonyl (C=O) groups excluding carboxylic acids is 1. The quantitative estimate of drug-likeness (QED) is 0.436. The number of pyridine rings is 1. The molecule has 0 aliphatic carbocycles. The van der Waals surface area contributed by atoms with E-state index in [2.05, 4.69) is 25.9 Å². The summed E-state index contributed by atoms with van der Waals surface area (Å²) < 4.78 is 6.82. The number of aromatic nitrogens is 1. The minimum atomic E-state index is -0.217. The van der Waals surface area contributed by atoms with Gasteiger partial charge in [0.1, 0.15) is 24.1 Å². The fourth-order valence-corrected chi connectivity index (χ4v) is 9.52. The van der Waals surface area contributed by atoms with Gasteiger partial charge in [-0.2, -0.15) is 0 Å². The van der Waals surface area contributed by atoms with E-state index in [-0.39, 0.29) is 29.3 Å². The van der Waals surface area contributed by atoms with Crippen LogP contribution in [0.5, 0.6) is 11.6 Å². The molecule has 6 aliphatic heterocycles. The number of fused-ring (bicyclic) bond motifs is 10. The van der Waals surface area contributed by atoms with Gasteiger partial charge in [0.25, 0.3) is 5.91 Å². The van der Waals surface area contributed by atoms with E-state index in [0.29, 0.717) is 25.1 Å². The highest BCUT2D eigenvalue weighted by Crippen LogP contribution is 2.50. The first kappa shape index (κ1) is 27.3. The maximum atomic E-state index is 14.0. The van der Waals surface area contributed by atoms with Crippen LogP contribution in [0.4, 0.5) is 17.1 Å². The average molecular weight is 605 g/mol. The Morgan fingerprint density at radius 3 is 2.82 bits per heavy atom. The fourth-order valence-electron chi connectivity index (χ4n) is 9.52. The molecule has 6 aliphatic rings. The van der Waals surface area contributed by atoms with Gasteiger partial charge < -0.3 is 29.9 Å². The smallest absolute Gasteiger partial charge is 0.251 e. The molecule has 4 fully saturated rings. The van der Waals surface area contributed by atoms with Gasteiger partial charge in [0, 0.05) is 60.5 Å². The molecule has 1 aromatic heterocycles. The van der Waals surface area contributed by atoms with E-state index in [9.17, 15) is 9.90 Å². The molecule has 3 atom stereocenters. The highest BCUT2D eigenvalue weighted by molar-refractivity contribution is 6.08. The highest BCUT2D eigenvalue weighted by atomic mass is 16.5. The Hall–Kier alpha value is -4.00. The molecule has 0 spiro atoms. The summed E-state index contributed by atoms with van der Waals surface area (Å²) in [5.74, 6) is 3.77. The molecule has 7 heterocycles. The number of amides is 1. The molecule has 232 valence electrons. The summed E-state index contributed by atoms with van der Waals surface area (Å²) in [4.78, 5) is 28.4. The molecule has 1 amide bonds. The van der Waals surface area contributed by atoms with Crippen molar-refractivity contribution in [2.45, 2.75) is 75.2 Å². The van der Waals surface area contributed by atoms with Crippen LogP contribution < -0.4 is 24.8 Å². The molecule has 3 aromatic rings. The zero-order chi connectivity index (χ0) is 30.4. The van der Waals surface area contributed by atoms with Crippen LogP contribution in [0.15, 0.2) is 30.3 Å². The van der Waals surface area contributed by atoms with Crippen molar-refractivity contribution in [3.05, 3.63) is 47.2 Å². The molecule has 2 aromatic carbocycles. The third-order valence-corrected chi connectivity index (χ3v) is 11.6. The SMILES string of the molecule is C#Cc1cccc2cc(O)cc(N3CCc4c(nc(OCC56CCCN5CCC6)c5c4N4CC6CCC(N6)C4C(=O)N5C)C3)c12. The second kappa shape index (κ2) is 10.0. The Balaban J connectivity index is 1.17. The zero-order valence-electron chi connectivity index (χ0n) is 25.9. The summed E-state index contributed by atoms with van der Waals surface area (Å²) in [7, 11) is 1.91. The van der Waals surface area contributed by atoms with E-state index >= 15 is 0 Å². The molecule has 4 saturated heterocycles. The molecule has 3 unspecified atom stereocenters. The van der Waals surface area contributed by atoms with Gasteiger partial charge in [0.15, 0.2) is 0 Å². The average Bonchev–Trinajstić information content (AvgIpc) is 3.75. The zero-order valence-corrected chi connectivity index (χ0v) is 25.9. The first-order valence-corrected chi connectivity index (χ1v) is 16.7. The van der Waals surface area contributed by atoms with Gasteiger partial charge in [-0.3, -0.25) is 9.69 Å². The van der Waals surface area contributed by atoms with E-state index in [4.69, 9.17) is 16.1 Å². The number of anilines is 3. The maximum Gasteiger partial charge on any atom is 0.251 e. The van der Waals surface area contributed by atoms with Crippen molar-refractivity contribution in [3.63, 3.8) is 0 Å². The lowest BCUT2D eigenvalue weighted by Gasteiger charge is -2.49. The number of likely N-dealkylation sites (N-methyl/N-ethyl adjacent to an activating group) is 1. The number of nitrogens with one attached hydrogen (secondary N) is 1. The minimum Gasteiger partial charge on any atom is -0.508 e. The molecule has 0 saturated carbocycles. The molecule has 2 N–H and O–H groups in total. The van der Waals surface area contributed by atoms with E-state index in [1.165, 1.54) is 18.4 Å². The number of ether oxygens (including phenoxy) is 1. The van der Waals surface area contributed by atoms with Gasteiger partial charge in [-0.05, 0) is 75.6 Å². The largest absolute Gasteiger partial charge is 0.508 e. The van der Waals surface area contributed by atoms with Crippen LogP contribution in [0, 0.1) is 12.3 Å². The lowest BCUT2D eigenvalue weighted by atomic mass is 9.92. The minimum absolute atomic E-state index is 0.0660. The normalized spacial score (nSPS) is 26.4. The first-order chi connectivity index (χ1) is 21.9. The van der Waals surface area contributed by atoms with Crippen molar-refractivity contribution in [2.75, 3.05) is 54.5 Å². The summed E-state index contributed by atoms with van der Waals surface area (Å²) in [5, 5.41) is 16.3. The van der Waals surface area contributed by atoms with Crippen molar-refractivity contribution in [1.29, 1.82) is 0 Å². The van der Waals surface area contributed by atoms with Crippen molar-refractivity contribution < 1.29 is 14.6 Å². The molecule has 9 heteroatoms. The van der Waals surface area contributed by atoms with E-state index in [1.54, 1.807) is 6.07 Å². The van der Waals surface area contributed by atoms with E-state index in [0.717, 1.165) is 97.4 Å². The van der Waals surface area contributed by atoms with Gasteiger partial charge in [0.05, 0.1) is 23.5 Å². The van der Waals surface area contributed by atoms with E-state index < -0.39 is 0 Å². The van der Waals surface area contributed by atoms with Crippen LogP contribution in [0.25, 0.3) is 10.8 Å². The predicted molar refractivity (Wildman–Crippen MR) is 175 cm³/mol. The number of piperazine rings is 1. The third kappa shape index (κ3) is 4.01. The topological polar surface area (TPSA) is 84.4 Å². The fraction of sp³-hybridized carbons (Fsp3) is 0.500. The lowest BCUT2D eigenvalue weighted by Crippen LogP contribution is -2.66. The summed E-state index contributed by atoms with van der Waals surface area (Å²) in [6, 6.07) is 9.82. The standard InChI is InChI=1S/C36H40N6O3/c1-3-22-7-4-8-23-17-25(43)18-29(30(22)23)40-16-11-26-28(20-40)38-34(45-21-36-12-5-14-41(36)15-6-13-36)33-31(26)42-19-24-9-10-27(37-24)32(42)35(44)39(33)2/h1,4,7-8,17-18,24,27,32,37,43H,5-6,9-16,19-21H2,2H3. The Labute approximate surface area is 264 Å². The van der Waals surface area contributed by atoms with Crippen LogP contribution in [-0.4, -0.2) is 84.4 Å². The number of hydrogen-bond acceptors (Lipinski definition) is 8. The Kier molecular flexibility index (Phi) is 6.07. The number of aromatic hydroxyl groups is 1. The number of phenols is 1. The van der Waals surface area contributed by atoms with Gasteiger partial charge in [-0.15, -0.1) is 6.42 Å². The van der Waals surface area contributed by atoms with Gasteiger partial charge in [-0.1, -0.05) is 18.1 Å². The third-order valence-electron chi connectivity index (χ3n) is 11.6. The molecular formula is C36H40N6O3. The number of phenolic OH excluding ortho intramolecular Hbond substituents is 1. The van der Waals surface area contributed by atoms with Crippen LogP contribution in [-0.2, 0) is 17.8 Å². The molecule has 45 heavy (non-hydrogen) atoms. The van der Waals surface area contributed by atoms with Crippen molar-refractivity contribution in [1.82, 2.24) is 15.2 Å². The summed E-state index contributed by atoms with van der Waals surface area (Å²) >= 11 is 0. The summed E-state index contributed by atoms with van der Waals surface area (Å²) in [6.45, 7) is 4.99. The van der Waals surface area contributed by atoms with Gasteiger partial charge in [-0.25, -0.2) is 4.98 Å². The monoisotopic (exact) mass is 604 g/mol. The Bertz CT molecular complexity index is 1770. The number of terminal acetylenes is 1. The van der Waals surface area contributed by atoms with Crippen molar-refractivity contribution >= 4 is 33.7 Å². The number of nitrogens with zero attached hydrogens (tertiary/aromatic N) is 5. The molecule has 9 nitrogen and oxygen atoms in total. The highest BCUT2D eigenvalue weighted by Gasteiger charge is 2.51. The van der Waals surface area contributed by atoms with Crippen LogP contribution in [0.2, 0.25) is 0 Å². The number of benzene rings is 2. The second-order valence-corrected chi connectivity index (χ2v) is 14.0. The van der Waals surface area contributed by atoms with Crippen molar-refractivity contribution in [3.8, 4) is 24.0 Å². The number of carbonyl (C=O) groups is 1. The van der Waals surface area contributed by atoms with E-state index in [1.807, 2.05) is 36.2 Å². The van der Waals surface area contributed by atoms with Crippen molar-refractivity contribution in [2.24, 2.45) is 0 Å². The Morgan fingerprint density at radius 1 is 1.16 bits per heavy atom. The predicted octanol–water partition coefficient (Wildman–Crippen LogP) is 3.78. The summed E-state index contributed by atoms with van der Waals surface area (Å²) in [6.07, 6.45) is 13.5. The maximum absolute atomic E-state index is 14.0. The lowest BCUT2D eigenvalue weighted by molar-refractivity contribution is -0.120. The first-order valence-electron chi connectivity index (χ1n) is 16.7. The second-order valence-electron chi connectivity index (χ2n) is 14.0. The van der Waals surface area contributed by atoms with Gasteiger partial charge in [0.2, 0.25) is 5.88 Å². The molecule has 2 bridgehead atoms. The molecular weight excluding hydrogens is 564 g/mol. The number of hydrogen-bond donors (Lipinski definition) is 2. The summed E-state index contributed by atoms with van der Waals surface area (Å²) in [5.41, 5.74) is 5.96. The van der Waals surface area contributed by atoms with Gasteiger partial charge >= 0.3 is 0 Å². The molecule has 0 radical (unpaired) electrons. The number of rotatable bonds is 4. The van der Waals surface area contributed by atoms with Crippen LogP contribution in [0.3, 0.4) is 0 Å². The van der Waals surface area contributed by atoms with Crippen LogP contribution in [0.1, 0.15) is 55.3 Å². The Morgan fingerprint density at radius 2 is 2.00 bits per heavy atom. The van der Waals surface area contributed by atoms with Crippen LogP contribution >= 0.6 is 0 Å². The molecule has 9 rings (SSSR count).